The molecule has 0 spiro atoms. The van der Waals surface area contributed by atoms with Gasteiger partial charge in [-0.25, -0.2) is 4.79 Å². The van der Waals surface area contributed by atoms with Crippen molar-refractivity contribution in [2.24, 2.45) is 5.92 Å². The molecule has 1 saturated heterocycles. The second-order valence-corrected chi connectivity index (χ2v) is 7.89. The largest absolute Gasteiger partial charge is 0.355 e. The van der Waals surface area contributed by atoms with Crippen molar-refractivity contribution >= 4 is 28.6 Å². The highest BCUT2D eigenvalue weighted by molar-refractivity contribution is 6.09. The maximum absolute atomic E-state index is 13.0. The predicted octanol–water partition coefficient (Wildman–Crippen LogP) is 3.16. The van der Waals surface area contributed by atoms with Crippen molar-refractivity contribution < 1.29 is 14.4 Å². The van der Waals surface area contributed by atoms with Crippen LogP contribution in [0.1, 0.15) is 39.2 Å². The first-order chi connectivity index (χ1) is 13.3. The van der Waals surface area contributed by atoms with Crippen molar-refractivity contribution in [3.63, 3.8) is 0 Å². The van der Waals surface area contributed by atoms with Crippen LogP contribution in [0, 0.1) is 5.92 Å². The lowest BCUT2D eigenvalue weighted by atomic mass is 9.90. The number of carbonyl (C=O) groups is 3. The van der Waals surface area contributed by atoms with Crippen molar-refractivity contribution in [2.75, 3.05) is 13.1 Å². The lowest BCUT2D eigenvalue weighted by Crippen LogP contribution is -2.43. The third-order valence-corrected chi connectivity index (χ3v) is 5.18. The minimum absolute atomic E-state index is 0.268. The molecule has 0 radical (unpaired) electrons. The summed E-state index contributed by atoms with van der Waals surface area (Å²) in [5, 5.41) is 7.59. The second kappa shape index (κ2) is 8.00. The Hall–Kier alpha value is -2.89. The monoisotopic (exact) mass is 381 g/mol. The van der Waals surface area contributed by atoms with E-state index in [0.717, 1.165) is 28.5 Å². The van der Waals surface area contributed by atoms with Crippen molar-refractivity contribution in [1.82, 2.24) is 15.5 Å². The molecule has 2 aromatic carbocycles. The summed E-state index contributed by atoms with van der Waals surface area (Å²) in [7, 11) is 0. The third-order valence-electron chi connectivity index (χ3n) is 5.18. The fraction of sp³-hybridized carbons (Fsp3) is 0.409. The molecule has 0 aliphatic carbocycles. The zero-order chi connectivity index (χ0) is 20.3. The van der Waals surface area contributed by atoms with Crippen LogP contribution in [0.2, 0.25) is 0 Å². The zero-order valence-electron chi connectivity index (χ0n) is 16.6. The Bertz CT molecular complexity index is 909. The number of hydrogen-bond donors (Lipinski definition) is 2. The van der Waals surface area contributed by atoms with E-state index < -0.39 is 17.5 Å². The molecule has 2 aromatic rings. The first kappa shape index (κ1) is 19.9. The SMILES string of the molecule is CC(C)CCCNC(=O)CN1C(=O)NC(C)(c2ccc3ccccc3c2)C1=O. The number of rotatable bonds is 7. The van der Waals surface area contributed by atoms with Crippen LogP contribution in [-0.2, 0) is 15.1 Å². The van der Waals surface area contributed by atoms with Gasteiger partial charge in [0.1, 0.15) is 12.1 Å². The van der Waals surface area contributed by atoms with Gasteiger partial charge in [0.2, 0.25) is 5.91 Å². The van der Waals surface area contributed by atoms with Gasteiger partial charge in [0.25, 0.3) is 5.91 Å². The van der Waals surface area contributed by atoms with Gasteiger partial charge in [0.05, 0.1) is 0 Å². The van der Waals surface area contributed by atoms with Crippen LogP contribution in [0.25, 0.3) is 10.8 Å². The predicted molar refractivity (Wildman–Crippen MR) is 109 cm³/mol. The van der Waals surface area contributed by atoms with Gasteiger partial charge in [0, 0.05) is 6.54 Å². The summed E-state index contributed by atoms with van der Waals surface area (Å²) in [4.78, 5) is 38.6. The molecule has 1 heterocycles. The van der Waals surface area contributed by atoms with Crippen molar-refractivity contribution in [2.45, 2.75) is 39.2 Å². The molecule has 3 rings (SSSR count). The summed E-state index contributed by atoms with van der Waals surface area (Å²) in [6.45, 7) is 6.21. The molecule has 0 bridgehead atoms. The van der Waals surface area contributed by atoms with E-state index in [2.05, 4.69) is 24.5 Å². The number of hydrogen-bond acceptors (Lipinski definition) is 3. The molecule has 1 atom stereocenters. The molecular formula is C22H27N3O3. The van der Waals surface area contributed by atoms with Gasteiger partial charge in [-0.2, -0.15) is 0 Å². The van der Waals surface area contributed by atoms with Gasteiger partial charge < -0.3 is 10.6 Å². The number of carbonyl (C=O) groups excluding carboxylic acids is 3. The average Bonchev–Trinajstić information content (AvgIpc) is 2.89. The molecule has 2 N–H and O–H groups in total. The molecule has 6 nitrogen and oxygen atoms in total. The molecule has 28 heavy (non-hydrogen) atoms. The highest BCUT2D eigenvalue weighted by Gasteiger charge is 2.49. The quantitative estimate of drug-likeness (QED) is 0.571. The van der Waals surface area contributed by atoms with Crippen LogP contribution in [0.3, 0.4) is 0 Å². The zero-order valence-corrected chi connectivity index (χ0v) is 16.6. The number of fused-ring (bicyclic) bond motifs is 1. The maximum atomic E-state index is 13.0. The number of benzene rings is 2. The lowest BCUT2D eigenvalue weighted by molar-refractivity contribution is -0.134. The number of imide groups is 1. The molecule has 0 saturated carbocycles. The minimum Gasteiger partial charge on any atom is -0.355 e. The van der Waals surface area contributed by atoms with E-state index in [-0.39, 0.29) is 12.5 Å². The van der Waals surface area contributed by atoms with Gasteiger partial charge >= 0.3 is 6.03 Å². The number of nitrogens with one attached hydrogen (secondary N) is 2. The molecule has 1 unspecified atom stereocenters. The van der Waals surface area contributed by atoms with E-state index >= 15 is 0 Å². The van der Waals surface area contributed by atoms with Crippen molar-refractivity contribution in [3.8, 4) is 0 Å². The molecule has 148 valence electrons. The Balaban J connectivity index is 1.70. The maximum Gasteiger partial charge on any atom is 0.325 e. The van der Waals surface area contributed by atoms with Gasteiger partial charge in [-0.15, -0.1) is 0 Å². The Morgan fingerprint density at radius 2 is 1.86 bits per heavy atom. The Labute approximate surface area is 165 Å². The summed E-state index contributed by atoms with van der Waals surface area (Å²) in [5.41, 5.74) is -0.483. The summed E-state index contributed by atoms with van der Waals surface area (Å²) >= 11 is 0. The fourth-order valence-corrected chi connectivity index (χ4v) is 3.47. The highest BCUT2D eigenvalue weighted by atomic mass is 16.2. The second-order valence-electron chi connectivity index (χ2n) is 7.89. The van der Waals surface area contributed by atoms with Crippen LogP contribution >= 0.6 is 0 Å². The molecule has 1 aliphatic heterocycles. The normalized spacial score (nSPS) is 19.4. The standard InChI is InChI=1S/C22H27N3O3/c1-15(2)7-6-12-23-19(26)14-25-20(27)22(3,24-21(25)28)18-11-10-16-8-4-5-9-17(16)13-18/h4-5,8-11,13,15H,6-7,12,14H2,1-3H3,(H,23,26)(H,24,28). The molecule has 0 aromatic heterocycles. The van der Waals surface area contributed by atoms with Crippen LogP contribution in [-0.4, -0.2) is 35.8 Å². The van der Waals surface area contributed by atoms with E-state index in [1.54, 1.807) is 6.92 Å². The number of urea groups is 1. The van der Waals surface area contributed by atoms with Gasteiger partial charge in [-0.3, -0.25) is 14.5 Å². The van der Waals surface area contributed by atoms with E-state index in [0.29, 0.717) is 18.0 Å². The fourth-order valence-electron chi connectivity index (χ4n) is 3.47. The summed E-state index contributed by atoms with van der Waals surface area (Å²) in [6, 6.07) is 13.0. The van der Waals surface area contributed by atoms with E-state index in [1.165, 1.54) is 0 Å². The van der Waals surface area contributed by atoms with Crippen LogP contribution in [0.4, 0.5) is 4.79 Å². The molecule has 1 aliphatic rings. The van der Waals surface area contributed by atoms with Gasteiger partial charge in [0.15, 0.2) is 0 Å². The van der Waals surface area contributed by atoms with Crippen LogP contribution < -0.4 is 10.6 Å². The third kappa shape index (κ3) is 4.01. The molecule has 4 amide bonds. The van der Waals surface area contributed by atoms with Crippen LogP contribution in [0.5, 0.6) is 0 Å². The topological polar surface area (TPSA) is 78.5 Å². The molecule has 6 heteroatoms. The van der Waals surface area contributed by atoms with E-state index in [4.69, 9.17) is 0 Å². The van der Waals surface area contributed by atoms with Crippen molar-refractivity contribution in [1.29, 1.82) is 0 Å². The smallest absolute Gasteiger partial charge is 0.325 e. The Kier molecular flexibility index (Phi) is 5.68. The Morgan fingerprint density at radius 3 is 2.57 bits per heavy atom. The Morgan fingerprint density at radius 1 is 1.14 bits per heavy atom. The molecular weight excluding hydrogens is 354 g/mol. The molecule has 1 fully saturated rings. The van der Waals surface area contributed by atoms with E-state index in [9.17, 15) is 14.4 Å². The van der Waals surface area contributed by atoms with Crippen LogP contribution in [0.15, 0.2) is 42.5 Å². The summed E-state index contributed by atoms with van der Waals surface area (Å²) in [5.74, 6) is -0.161. The summed E-state index contributed by atoms with van der Waals surface area (Å²) in [6.07, 6.45) is 1.89. The summed E-state index contributed by atoms with van der Waals surface area (Å²) < 4.78 is 0. The number of nitrogens with zero attached hydrogens (tertiary/aromatic N) is 1. The number of amides is 4. The first-order valence-corrected chi connectivity index (χ1v) is 9.71. The van der Waals surface area contributed by atoms with E-state index in [1.807, 2.05) is 42.5 Å². The minimum atomic E-state index is -1.18. The average molecular weight is 381 g/mol. The first-order valence-electron chi connectivity index (χ1n) is 9.71. The highest BCUT2D eigenvalue weighted by Crippen LogP contribution is 2.30. The lowest BCUT2D eigenvalue weighted by Gasteiger charge is -2.22. The van der Waals surface area contributed by atoms with Crippen molar-refractivity contribution in [3.05, 3.63) is 48.0 Å². The van der Waals surface area contributed by atoms with Gasteiger partial charge in [-0.05, 0) is 48.1 Å². The van der Waals surface area contributed by atoms with Gasteiger partial charge in [-0.1, -0.05) is 50.2 Å².